The second-order valence-electron chi connectivity index (χ2n) is 27.4. The van der Waals surface area contributed by atoms with Gasteiger partial charge in [0.05, 0.1) is 28.5 Å². The minimum absolute atomic E-state index is 0.219. The SMILES string of the molecule is CCc1c(-c2ccc3c(c2)CCN3C)[nH]c(=O)c(C(=O)O)c1O.CCc1c(-c2ccc3c(ccn3CC)c2)[nH]c(=O)c(C(=O)O)c1O.CCc1c(-c2ccc3ccn(C)c3c2)[nH]c(=O)c(C(=O)O)c1O.CCc1cc(C(=O)O)c(=O)[nH]c1-c1ccc2c(ccn2CC)c1.CCc1cc(C(=O)O)c(=O)[nH]c1-c1ccc2ccn(C)c2c1. The van der Waals surface area contributed by atoms with Crippen molar-refractivity contribution in [3.8, 4) is 73.5 Å². The van der Waals surface area contributed by atoms with Gasteiger partial charge in [-0.1, -0.05) is 77.1 Å². The highest BCUT2D eigenvalue weighted by Crippen LogP contribution is 2.38. The van der Waals surface area contributed by atoms with Crippen molar-refractivity contribution in [2.24, 2.45) is 14.1 Å². The molecule has 10 heterocycles. The van der Waals surface area contributed by atoms with Crippen molar-refractivity contribution >= 4 is 79.1 Å². The van der Waals surface area contributed by atoms with E-state index in [1.165, 1.54) is 17.7 Å². The zero-order valence-corrected chi connectivity index (χ0v) is 64.7. The maximum atomic E-state index is 12.1. The van der Waals surface area contributed by atoms with Crippen LogP contribution in [0.25, 0.3) is 99.9 Å². The Morgan fingerprint density at radius 1 is 0.348 bits per heavy atom. The molecule has 28 nitrogen and oxygen atoms in total. The first kappa shape index (κ1) is 81.5. The molecule has 592 valence electrons. The quantitative estimate of drug-likeness (QED) is 0.0403. The Kier molecular flexibility index (Phi) is 24.1. The Bertz CT molecular complexity index is 6530. The van der Waals surface area contributed by atoms with Gasteiger partial charge in [-0.2, -0.15) is 0 Å². The highest BCUT2D eigenvalue weighted by molar-refractivity contribution is 5.96. The molecule has 0 aliphatic carbocycles. The zero-order valence-electron chi connectivity index (χ0n) is 64.7. The predicted molar refractivity (Wildman–Crippen MR) is 441 cm³/mol. The van der Waals surface area contributed by atoms with Crippen LogP contribution in [0.15, 0.2) is 176 Å². The van der Waals surface area contributed by atoms with Crippen molar-refractivity contribution in [2.45, 2.75) is 100 Å². The molecule has 0 atom stereocenters. The van der Waals surface area contributed by atoms with Gasteiger partial charge in [0.15, 0.2) is 16.7 Å². The molecule has 1 aliphatic heterocycles. The van der Waals surface area contributed by atoms with Crippen LogP contribution in [0.2, 0.25) is 0 Å². The highest BCUT2D eigenvalue weighted by Gasteiger charge is 2.27. The number of anilines is 1. The van der Waals surface area contributed by atoms with Crippen LogP contribution >= 0.6 is 0 Å². The number of aromatic carboxylic acids is 5. The number of benzene rings is 5. The first-order chi connectivity index (χ1) is 54.9. The molecular formula is C87H86N10O18. The van der Waals surface area contributed by atoms with Crippen LogP contribution in [-0.4, -0.2) is 127 Å². The Hall–Kier alpha value is -14.4. The molecule has 5 aromatic carbocycles. The second-order valence-corrected chi connectivity index (χ2v) is 27.4. The number of hydrogen-bond donors (Lipinski definition) is 13. The first-order valence-corrected chi connectivity index (χ1v) is 37.2. The van der Waals surface area contributed by atoms with Gasteiger partial charge in [0, 0.05) is 132 Å². The van der Waals surface area contributed by atoms with Crippen molar-refractivity contribution in [2.75, 3.05) is 18.5 Å². The van der Waals surface area contributed by atoms with E-state index >= 15 is 0 Å². The van der Waals surface area contributed by atoms with Crippen molar-refractivity contribution in [1.29, 1.82) is 0 Å². The highest BCUT2D eigenvalue weighted by atomic mass is 16.4. The Morgan fingerprint density at radius 2 is 0.678 bits per heavy atom. The number of nitrogens with one attached hydrogen (secondary N) is 5. The smallest absolute Gasteiger partial charge is 0.345 e. The lowest BCUT2D eigenvalue weighted by Crippen LogP contribution is -2.20. The molecule has 0 saturated carbocycles. The summed E-state index contributed by atoms with van der Waals surface area (Å²) in [4.78, 5) is 131. The summed E-state index contributed by atoms with van der Waals surface area (Å²) in [5.41, 5.74) is 10.4. The number of carbonyl (C=O) groups is 5. The maximum Gasteiger partial charge on any atom is 0.345 e. The third kappa shape index (κ3) is 16.2. The predicted octanol–water partition coefficient (Wildman–Crippen LogP) is 13.6. The number of fused-ring (bicyclic) bond motifs is 5. The topological polar surface area (TPSA) is 434 Å². The second kappa shape index (κ2) is 34.0. The number of aromatic hydroxyl groups is 3. The average Bonchev–Trinajstić information content (AvgIpc) is 1.78. The molecule has 14 aromatic rings. The van der Waals surface area contributed by atoms with Gasteiger partial charge in [0.2, 0.25) is 0 Å². The molecule has 0 saturated heterocycles. The summed E-state index contributed by atoms with van der Waals surface area (Å²) in [6.07, 6.45) is 11.3. The van der Waals surface area contributed by atoms with E-state index in [1.54, 1.807) is 13.8 Å². The molecule has 0 fully saturated rings. The summed E-state index contributed by atoms with van der Waals surface area (Å²) in [6, 6.07) is 40.1. The third-order valence-corrected chi connectivity index (χ3v) is 20.7. The molecule has 115 heavy (non-hydrogen) atoms. The number of likely N-dealkylation sites (N-methyl/N-ethyl adjacent to an activating group) is 1. The number of rotatable bonds is 17. The van der Waals surface area contributed by atoms with E-state index in [1.807, 2.05) is 191 Å². The number of aromatic amines is 5. The molecule has 0 radical (unpaired) electrons. The average molecular weight is 1560 g/mol. The monoisotopic (exact) mass is 1560 g/mol. The normalized spacial score (nSPS) is 11.5. The minimum Gasteiger partial charge on any atom is -0.506 e. The van der Waals surface area contributed by atoms with Crippen LogP contribution in [0.1, 0.15) is 134 Å². The Labute approximate surface area is 655 Å². The lowest BCUT2D eigenvalue weighted by Gasteiger charge is -2.14. The molecular weight excluding hydrogens is 1470 g/mol. The molecule has 9 aromatic heterocycles. The molecule has 0 amide bonds. The van der Waals surface area contributed by atoms with E-state index in [9.17, 15) is 63.3 Å². The van der Waals surface area contributed by atoms with Crippen LogP contribution in [0.4, 0.5) is 5.69 Å². The maximum absolute atomic E-state index is 12.1. The van der Waals surface area contributed by atoms with Crippen LogP contribution in [0.5, 0.6) is 17.2 Å². The number of carboxylic acids is 5. The van der Waals surface area contributed by atoms with E-state index in [0.29, 0.717) is 77.3 Å². The fourth-order valence-corrected chi connectivity index (χ4v) is 14.6. The van der Waals surface area contributed by atoms with E-state index in [4.69, 9.17) is 25.5 Å². The van der Waals surface area contributed by atoms with Crippen molar-refractivity contribution in [3.63, 3.8) is 0 Å². The first-order valence-electron chi connectivity index (χ1n) is 37.2. The van der Waals surface area contributed by atoms with E-state index < -0.39 is 91.6 Å². The van der Waals surface area contributed by atoms with Crippen LogP contribution < -0.4 is 32.7 Å². The zero-order chi connectivity index (χ0) is 83.3. The lowest BCUT2D eigenvalue weighted by molar-refractivity contribution is 0.0680. The van der Waals surface area contributed by atoms with E-state index in [-0.39, 0.29) is 11.1 Å². The molecule has 1 aliphatic rings. The Morgan fingerprint density at radius 3 is 1.03 bits per heavy atom. The largest absolute Gasteiger partial charge is 0.506 e. The van der Waals surface area contributed by atoms with Gasteiger partial charge >= 0.3 is 29.8 Å². The number of pyridine rings is 5. The van der Waals surface area contributed by atoms with Gasteiger partial charge in [-0.3, -0.25) is 24.0 Å². The summed E-state index contributed by atoms with van der Waals surface area (Å²) in [6.45, 7) is 16.1. The minimum atomic E-state index is -1.44. The van der Waals surface area contributed by atoms with Crippen molar-refractivity contribution < 1.29 is 64.8 Å². The van der Waals surface area contributed by atoms with Gasteiger partial charge in [-0.25, -0.2) is 24.0 Å². The number of carboxylic acid groups (broad SMARTS) is 5. The van der Waals surface area contributed by atoms with Crippen LogP contribution in [-0.2, 0) is 65.7 Å². The number of aromatic nitrogens is 9. The van der Waals surface area contributed by atoms with Gasteiger partial charge in [-0.15, -0.1) is 0 Å². The molecule has 0 bridgehead atoms. The fourth-order valence-electron chi connectivity index (χ4n) is 14.6. The summed E-state index contributed by atoms with van der Waals surface area (Å²) >= 11 is 0. The molecule has 13 N–H and O–H groups in total. The number of aryl methyl sites for hydroxylation is 6. The van der Waals surface area contributed by atoms with E-state index in [2.05, 4.69) is 52.8 Å². The fraction of sp³-hybridized carbons (Fsp3) is 0.218. The summed E-state index contributed by atoms with van der Waals surface area (Å²) in [5, 5.41) is 80.4. The summed E-state index contributed by atoms with van der Waals surface area (Å²) in [5.74, 6) is -8.10. The standard InChI is InChI=1S/C18H18N2O4.C18H18N2O3.C17H18N2O4.C17H16N2O4.C17H16N2O3/c1-3-12-15(19-17(22)14(16(12)21)18(23)24)11-5-6-13-10(9-11)7-8-20(13)4-2;1-3-11-10-14(18(22)23)17(21)19-16(11)13-5-6-15-12(9-13)7-8-20(15)4-2;1-3-11-14(18-16(21)13(15(11)20)17(22)23)10-4-5-12-9(8-10)6-7-19(12)2;1-3-11-14(18-16(21)13(15(11)20)17(22)23)10-5-4-9-6-7-19(2)12(9)8-10;1-3-10-8-13(17(21)22)16(20)18-15(10)12-5-4-11-6-7-19(2)14(11)9-12/h5-9H,3-4H2,1-2H3,(H,23,24)(H2,19,21,22);5-10H,3-4H2,1-2H3,(H,19,21)(H,22,23);4-5,8H,3,6-7H2,1-2H3,(H,22,23)(H2,18,20,21);4-8H,3H2,1-2H3,(H,22,23)(H2,18,20,21);4-9H,3H2,1-2H3,(H,18,20)(H,21,22). The third-order valence-electron chi connectivity index (χ3n) is 20.7. The van der Waals surface area contributed by atoms with Gasteiger partial charge in [-0.05, 0) is 181 Å². The Balaban J connectivity index is 0.000000142. The lowest BCUT2D eigenvalue weighted by atomic mass is 9.98. The molecule has 0 unspecified atom stereocenters. The van der Waals surface area contributed by atoms with Crippen LogP contribution in [0, 0.1) is 0 Å². The molecule has 28 heteroatoms. The van der Waals surface area contributed by atoms with Crippen LogP contribution in [0.3, 0.4) is 0 Å². The molecule has 0 spiro atoms. The number of H-pyrrole nitrogens is 5. The van der Waals surface area contributed by atoms with Gasteiger partial charge in [0.25, 0.3) is 27.8 Å². The van der Waals surface area contributed by atoms with Gasteiger partial charge in [0.1, 0.15) is 28.4 Å². The van der Waals surface area contributed by atoms with Gasteiger partial charge < -0.3 is 88.9 Å². The summed E-state index contributed by atoms with van der Waals surface area (Å²) < 4.78 is 8.21. The van der Waals surface area contributed by atoms with E-state index in [0.717, 1.165) is 114 Å². The number of nitrogens with zero attached hydrogens (tertiary/aromatic N) is 5. The summed E-state index contributed by atoms with van der Waals surface area (Å²) in [7, 11) is 5.90. The molecule has 15 rings (SSSR count). The van der Waals surface area contributed by atoms with Crippen molar-refractivity contribution in [3.05, 3.63) is 265 Å². The van der Waals surface area contributed by atoms with Crippen molar-refractivity contribution in [1.82, 2.24) is 43.2 Å². The number of hydrogen-bond acceptors (Lipinski definition) is 14.